The van der Waals surface area contributed by atoms with Crippen LogP contribution in [-0.4, -0.2) is 17.5 Å². The lowest BCUT2D eigenvalue weighted by Crippen LogP contribution is -2.24. The van der Waals surface area contributed by atoms with E-state index in [4.69, 9.17) is 0 Å². The van der Waals surface area contributed by atoms with Crippen LogP contribution in [0.15, 0.2) is 25.6 Å². The third kappa shape index (κ3) is 3.40. The number of nitrogens with one attached hydrogen (secondary N) is 1. The van der Waals surface area contributed by atoms with E-state index in [1.54, 1.807) is 0 Å². The first-order valence-corrected chi connectivity index (χ1v) is 8.69. The lowest BCUT2D eigenvalue weighted by atomic mass is 10.1. The molecule has 1 N–H and O–H groups in total. The average Bonchev–Trinajstić information content (AvgIpc) is 2.25. The normalized spacial score (nSPS) is 17.4. The molecule has 0 saturated carbocycles. The molecule has 1 heterocycles. The highest BCUT2D eigenvalue weighted by Crippen LogP contribution is 2.35. The van der Waals surface area contributed by atoms with Gasteiger partial charge in [0, 0.05) is 19.5 Å². The first-order valence-electron chi connectivity index (χ1n) is 5.15. The van der Waals surface area contributed by atoms with Crippen LogP contribution >= 0.6 is 59.6 Å². The standard InChI is InChI=1S/C11H12Br3NS/c12-7-5-9(13)11(10(14)6-7)15-8-1-3-16-4-2-8/h5-6,8,15H,1-4H2. The van der Waals surface area contributed by atoms with E-state index >= 15 is 0 Å². The Labute approximate surface area is 126 Å². The molecule has 0 aromatic heterocycles. The van der Waals surface area contributed by atoms with Crippen molar-refractivity contribution in [1.82, 2.24) is 0 Å². The summed E-state index contributed by atoms with van der Waals surface area (Å²) in [4.78, 5) is 0. The van der Waals surface area contributed by atoms with E-state index in [-0.39, 0.29) is 0 Å². The lowest BCUT2D eigenvalue weighted by molar-refractivity contribution is 0.666. The minimum Gasteiger partial charge on any atom is -0.380 e. The molecule has 1 aromatic carbocycles. The summed E-state index contributed by atoms with van der Waals surface area (Å²) in [7, 11) is 0. The number of benzene rings is 1. The van der Waals surface area contributed by atoms with Crippen LogP contribution in [0.1, 0.15) is 12.8 Å². The summed E-state index contributed by atoms with van der Waals surface area (Å²) in [6.45, 7) is 0. The van der Waals surface area contributed by atoms with Gasteiger partial charge < -0.3 is 5.32 Å². The maximum absolute atomic E-state index is 3.62. The highest BCUT2D eigenvalue weighted by atomic mass is 79.9. The van der Waals surface area contributed by atoms with Crippen molar-refractivity contribution in [2.24, 2.45) is 0 Å². The Hall–Kier alpha value is 0.810. The SMILES string of the molecule is Brc1cc(Br)c(NC2CCSCC2)c(Br)c1. The zero-order valence-corrected chi connectivity index (χ0v) is 14.2. The minimum atomic E-state index is 0.607. The van der Waals surface area contributed by atoms with Crippen molar-refractivity contribution >= 4 is 65.2 Å². The maximum Gasteiger partial charge on any atom is 0.0631 e. The van der Waals surface area contributed by atoms with Crippen LogP contribution in [-0.2, 0) is 0 Å². The molecule has 1 fully saturated rings. The van der Waals surface area contributed by atoms with Crippen LogP contribution in [0.25, 0.3) is 0 Å². The van der Waals surface area contributed by atoms with E-state index in [0.717, 1.165) is 13.4 Å². The maximum atomic E-state index is 3.62. The first kappa shape index (κ1) is 13.2. The highest BCUT2D eigenvalue weighted by molar-refractivity contribution is 9.11. The second kappa shape index (κ2) is 6.12. The third-order valence-electron chi connectivity index (χ3n) is 2.58. The third-order valence-corrected chi connectivity index (χ3v) is 5.33. The van der Waals surface area contributed by atoms with Gasteiger partial charge in [0.15, 0.2) is 0 Å². The van der Waals surface area contributed by atoms with Gasteiger partial charge in [-0.2, -0.15) is 11.8 Å². The van der Waals surface area contributed by atoms with Crippen molar-refractivity contribution in [3.63, 3.8) is 0 Å². The summed E-state index contributed by atoms with van der Waals surface area (Å²) < 4.78 is 3.29. The highest BCUT2D eigenvalue weighted by Gasteiger charge is 2.16. The second-order valence-corrected chi connectivity index (χ2v) is 7.62. The zero-order chi connectivity index (χ0) is 11.5. The summed E-state index contributed by atoms with van der Waals surface area (Å²) >= 11 is 12.7. The number of rotatable bonds is 2. The smallest absolute Gasteiger partial charge is 0.0631 e. The van der Waals surface area contributed by atoms with E-state index in [0.29, 0.717) is 6.04 Å². The van der Waals surface area contributed by atoms with Crippen molar-refractivity contribution in [3.8, 4) is 0 Å². The van der Waals surface area contributed by atoms with Crippen molar-refractivity contribution in [1.29, 1.82) is 0 Å². The van der Waals surface area contributed by atoms with Crippen LogP contribution in [0.2, 0.25) is 0 Å². The van der Waals surface area contributed by atoms with Gasteiger partial charge in [-0.1, -0.05) is 15.9 Å². The quantitative estimate of drug-likeness (QED) is 0.686. The van der Waals surface area contributed by atoms with Crippen LogP contribution in [0.4, 0.5) is 5.69 Å². The van der Waals surface area contributed by atoms with Crippen LogP contribution in [0.3, 0.4) is 0 Å². The molecule has 1 aromatic rings. The van der Waals surface area contributed by atoms with E-state index < -0.39 is 0 Å². The van der Waals surface area contributed by atoms with Gasteiger partial charge in [0.05, 0.1) is 5.69 Å². The Morgan fingerprint density at radius 3 is 2.19 bits per heavy atom. The van der Waals surface area contributed by atoms with Gasteiger partial charge in [-0.3, -0.25) is 0 Å². The Morgan fingerprint density at radius 2 is 1.62 bits per heavy atom. The van der Waals surface area contributed by atoms with E-state index in [1.807, 2.05) is 11.8 Å². The van der Waals surface area contributed by atoms with Crippen molar-refractivity contribution < 1.29 is 0 Å². The van der Waals surface area contributed by atoms with Crippen LogP contribution in [0.5, 0.6) is 0 Å². The minimum absolute atomic E-state index is 0.607. The van der Waals surface area contributed by atoms with E-state index in [9.17, 15) is 0 Å². The van der Waals surface area contributed by atoms with Crippen molar-refractivity contribution in [2.45, 2.75) is 18.9 Å². The predicted molar refractivity (Wildman–Crippen MR) is 83.5 cm³/mol. The fourth-order valence-electron chi connectivity index (χ4n) is 1.73. The Morgan fingerprint density at radius 1 is 1.06 bits per heavy atom. The van der Waals surface area contributed by atoms with E-state index in [2.05, 4.69) is 65.2 Å². The predicted octanol–water partition coefficient (Wildman–Crippen LogP) is 5.28. The monoisotopic (exact) mass is 427 g/mol. The molecule has 16 heavy (non-hydrogen) atoms. The van der Waals surface area contributed by atoms with Crippen molar-refractivity contribution in [2.75, 3.05) is 16.8 Å². The molecule has 0 atom stereocenters. The van der Waals surface area contributed by atoms with E-state index in [1.165, 1.54) is 30.0 Å². The fourth-order valence-corrected chi connectivity index (χ4v) is 5.32. The van der Waals surface area contributed by atoms with Crippen LogP contribution in [0, 0.1) is 0 Å². The molecule has 0 unspecified atom stereocenters. The molecule has 0 amide bonds. The largest absolute Gasteiger partial charge is 0.380 e. The molecular formula is C11H12Br3NS. The summed E-state index contributed by atoms with van der Waals surface area (Å²) in [5, 5.41) is 3.62. The molecule has 88 valence electrons. The summed E-state index contributed by atoms with van der Waals surface area (Å²) in [5.41, 5.74) is 1.17. The zero-order valence-electron chi connectivity index (χ0n) is 8.60. The number of anilines is 1. The number of thioether (sulfide) groups is 1. The second-order valence-electron chi connectivity index (χ2n) is 3.78. The molecular weight excluding hydrogens is 418 g/mol. The number of halogens is 3. The molecule has 0 bridgehead atoms. The number of hydrogen-bond acceptors (Lipinski definition) is 2. The van der Waals surface area contributed by atoms with Gasteiger partial charge in [0.1, 0.15) is 0 Å². The fraction of sp³-hybridized carbons (Fsp3) is 0.455. The lowest BCUT2D eigenvalue weighted by Gasteiger charge is -2.25. The molecule has 2 rings (SSSR count). The molecule has 1 aliphatic heterocycles. The first-order chi connectivity index (χ1) is 7.66. The Kier molecular flexibility index (Phi) is 5.06. The van der Waals surface area contributed by atoms with Gasteiger partial charge in [-0.05, 0) is 68.3 Å². The Balaban J connectivity index is 2.14. The molecule has 5 heteroatoms. The molecule has 1 aliphatic rings. The summed E-state index contributed by atoms with van der Waals surface area (Å²) in [6, 6.07) is 4.75. The summed E-state index contributed by atoms with van der Waals surface area (Å²) in [5.74, 6) is 2.53. The molecule has 1 nitrogen and oxygen atoms in total. The van der Waals surface area contributed by atoms with Crippen LogP contribution < -0.4 is 5.32 Å². The Bertz CT molecular complexity index is 354. The molecule has 0 radical (unpaired) electrons. The van der Waals surface area contributed by atoms with Gasteiger partial charge in [0.2, 0.25) is 0 Å². The van der Waals surface area contributed by atoms with Gasteiger partial charge in [-0.15, -0.1) is 0 Å². The van der Waals surface area contributed by atoms with Crippen molar-refractivity contribution in [3.05, 3.63) is 25.6 Å². The van der Waals surface area contributed by atoms with Gasteiger partial charge >= 0.3 is 0 Å². The topological polar surface area (TPSA) is 12.0 Å². The summed E-state index contributed by atoms with van der Waals surface area (Å²) in [6.07, 6.45) is 2.50. The molecule has 0 aliphatic carbocycles. The number of hydrogen-bond donors (Lipinski definition) is 1. The molecule has 0 spiro atoms. The van der Waals surface area contributed by atoms with Gasteiger partial charge in [-0.25, -0.2) is 0 Å². The van der Waals surface area contributed by atoms with Gasteiger partial charge in [0.25, 0.3) is 0 Å². The molecule has 1 saturated heterocycles. The average molecular weight is 430 g/mol.